The van der Waals surface area contributed by atoms with E-state index in [0.29, 0.717) is 12.0 Å². The minimum atomic E-state index is -3.99. The number of aromatic amines is 1. The summed E-state index contributed by atoms with van der Waals surface area (Å²) >= 11 is 0. The van der Waals surface area contributed by atoms with Crippen LogP contribution in [0.2, 0.25) is 0 Å². The van der Waals surface area contributed by atoms with Crippen LogP contribution in [0.15, 0.2) is 60.0 Å². The monoisotopic (exact) mass is 356 g/mol. The van der Waals surface area contributed by atoms with Crippen molar-refractivity contribution in [1.82, 2.24) is 9.97 Å². The van der Waals surface area contributed by atoms with Gasteiger partial charge in [0.05, 0.1) is 17.3 Å². The highest BCUT2D eigenvalue weighted by Crippen LogP contribution is 2.23. The molecule has 0 amide bonds. The number of pyridine rings is 1. The first-order chi connectivity index (χ1) is 12.0. The number of nitrogens with one attached hydrogen (secondary N) is 2. The maximum absolute atomic E-state index is 14.0. The van der Waals surface area contributed by atoms with Gasteiger partial charge in [0.2, 0.25) is 0 Å². The van der Waals surface area contributed by atoms with E-state index in [-0.39, 0.29) is 16.1 Å². The molecule has 0 saturated carbocycles. The zero-order chi connectivity index (χ0) is 17.9. The molecule has 0 bridgehead atoms. The Morgan fingerprint density at radius 3 is 2.80 bits per heavy atom. The molecule has 8 heteroatoms. The Hall–Kier alpha value is -3.18. The maximum Gasteiger partial charge on any atom is 0.263 e. The zero-order valence-electron chi connectivity index (χ0n) is 12.9. The average Bonchev–Trinajstić information content (AvgIpc) is 3.06. The molecule has 0 aliphatic rings. The van der Waals surface area contributed by atoms with E-state index in [1.54, 1.807) is 30.7 Å². The summed E-state index contributed by atoms with van der Waals surface area (Å²) < 4.78 is 41.4. The van der Waals surface area contributed by atoms with Crippen molar-refractivity contribution >= 4 is 15.7 Å². The first kappa shape index (κ1) is 16.7. The summed E-state index contributed by atoms with van der Waals surface area (Å²) in [6.45, 7) is 0. The molecule has 2 heterocycles. The lowest BCUT2D eigenvalue weighted by Gasteiger charge is -2.10. The second kappa shape index (κ2) is 6.75. The number of anilines is 1. The Balaban J connectivity index is 1.89. The molecule has 2 N–H and O–H groups in total. The summed E-state index contributed by atoms with van der Waals surface area (Å²) in [6.07, 6.45) is 6.57. The fraction of sp³-hybridized carbons (Fsp3) is 0.0588. The van der Waals surface area contributed by atoms with Crippen LogP contribution in [0.1, 0.15) is 16.7 Å². The third-order valence-electron chi connectivity index (χ3n) is 3.54. The van der Waals surface area contributed by atoms with Crippen molar-refractivity contribution < 1.29 is 12.8 Å². The largest absolute Gasteiger partial charge is 0.366 e. The summed E-state index contributed by atoms with van der Waals surface area (Å²) in [4.78, 5) is 6.80. The highest BCUT2D eigenvalue weighted by atomic mass is 32.2. The van der Waals surface area contributed by atoms with Gasteiger partial charge in [-0.1, -0.05) is 6.07 Å². The van der Waals surface area contributed by atoms with Gasteiger partial charge in [0, 0.05) is 31.2 Å². The van der Waals surface area contributed by atoms with Crippen molar-refractivity contribution in [3.05, 3.63) is 77.6 Å². The number of halogens is 1. The molecular weight excluding hydrogens is 343 g/mol. The molecule has 0 spiro atoms. The molecule has 6 nitrogen and oxygen atoms in total. The minimum Gasteiger partial charge on any atom is -0.366 e. The van der Waals surface area contributed by atoms with Crippen LogP contribution in [0.3, 0.4) is 0 Å². The van der Waals surface area contributed by atoms with Gasteiger partial charge in [-0.05, 0) is 35.4 Å². The zero-order valence-corrected chi connectivity index (χ0v) is 13.7. The van der Waals surface area contributed by atoms with Gasteiger partial charge in [-0.15, -0.1) is 0 Å². The van der Waals surface area contributed by atoms with Gasteiger partial charge in [0.15, 0.2) is 0 Å². The van der Waals surface area contributed by atoms with Gasteiger partial charge in [-0.2, -0.15) is 5.26 Å². The number of rotatable bonds is 5. The Morgan fingerprint density at radius 1 is 1.28 bits per heavy atom. The lowest BCUT2D eigenvalue weighted by atomic mass is 10.1. The Kier molecular flexibility index (Phi) is 4.50. The van der Waals surface area contributed by atoms with Crippen LogP contribution in [-0.4, -0.2) is 18.4 Å². The Bertz CT molecular complexity index is 1040. The molecule has 2 aromatic heterocycles. The SMILES string of the molecule is N#Cc1ccc(NS(=O)(=O)c2c[nH]cc2Cc2cccnc2)c(F)c1. The molecule has 126 valence electrons. The van der Waals surface area contributed by atoms with E-state index < -0.39 is 15.8 Å². The average molecular weight is 356 g/mol. The fourth-order valence-electron chi connectivity index (χ4n) is 2.36. The van der Waals surface area contributed by atoms with Crippen molar-refractivity contribution in [2.24, 2.45) is 0 Å². The molecule has 0 saturated heterocycles. The van der Waals surface area contributed by atoms with Crippen LogP contribution in [0.5, 0.6) is 0 Å². The lowest BCUT2D eigenvalue weighted by Crippen LogP contribution is -2.15. The molecule has 25 heavy (non-hydrogen) atoms. The highest BCUT2D eigenvalue weighted by molar-refractivity contribution is 7.92. The van der Waals surface area contributed by atoms with Gasteiger partial charge >= 0.3 is 0 Å². The van der Waals surface area contributed by atoms with Gasteiger partial charge < -0.3 is 4.98 Å². The lowest BCUT2D eigenvalue weighted by molar-refractivity contribution is 0.598. The topological polar surface area (TPSA) is 98.6 Å². The molecule has 0 aliphatic heterocycles. The normalized spacial score (nSPS) is 11.0. The summed E-state index contributed by atoms with van der Waals surface area (Å²) in [7, 11) is -3.99. The number of hydrogen-bond acceptors (Lipinski definition) is 4. The van der Waals surface area contributed by atoms with E-state index >= 15 is 0 Å². The van der Waals surface area contributed by atoms with Crippen LogP contribution >= 0.6 is 0 Å². The van der Waals surface area contributed by atoms with E-state index in [9.17, 15) is 12.8 Å². The number of H-pyrrole nitrogens is 1. The van der Waals surface area contributed by atoms with Crippen LogP contribution in [0.25, 0.3) is 0 Å². The van der Waals surface area contributed by atoms with E-state index in [0.717, 1.165) is 11.6 Å². The van der Waals surface area contributed by atoms with Crippen molar-refractivity contribution in [3.63, 3.8) is 0 Å². The van der Waals surface area contributed by atoms with E-state index in [1.165, 1.54) is 18.3 Å². The van der Waals surface area contributed by atoms with Gasteiger partial charge in [0.1, 0.15) is 10.7 Å². The number of nitriles is 1. The van der Waals surface area contributed by atoms with E-state index in [2.05, 4.69) is 14.7 Å². The number of aromatic nitrogens is 2. The number of hydrogen-bond donors (Lipinski definition) is 2. The summed E-state index contributed by atoms with van der Waals surface area (Å²) in [5.74, 6) is -0.813. The third kappa shape index (κ3) is 3.67. The fourth-order valence-corrected chi connectivity index (χ4v) is 3.62. The van der Waals surface area contributed by atoms with Crippen LogP contribution in [-0.2, 0) is 16.4 Å². The third-order valence-corrected chi connectivity index (χ3v) is 4.99. The summed E-state index contributed by atoms with van der Waals surface area (Å²) in [5.41, 5.74) is 1.28. The second-order valence-electron chi connectivity index (χ2n) is 5.29. The molecule has 3 rings (SSSR count). The molecule has 0 atom stereocenters. The summed E-state index contributed by atoms with van der Waals surface area (Å²) in [6, 6.07) is 8.94. The molecule has 0 radical (unpaired) electrons. The van der Waals surface area contributed by atoms with E-state index in [4.69, 9.17) is 5.26 Å². The maximum atomic E-state index is 14.0. The van der Waals surface area contributed by atoms with Crippen molar-refractivity contribution in [2.75, 3.05) is 4.72 Å². The predicted molar refractivity (Wildman–Crippen MR) is 89.8 cm³/mol. The summed E-state index contributed by atoms with van der Waals surface area (Å²) in [5, 5.41) is 8.75. The van der Waals surface area contributed by atoms with Gasteiger partial charge in [0.25, 0.3) is 10.0 Å². The van der Waals surface area contributed by atoms with Crippen LogP contribution < -0.4 is 4.72 Å². The molecule has 0 fully saturated rings. The minimum absolute atomic E-state index is 0.0279. The Morgan fingerprint density at radius 2 is 2.12 bits per heavy atom. The molecule has 1 aromatic carbocycles. The van der Waals surface area contributed by atoms with Crippen LogP contribution in [0.4, 0.5) is 10.1 Å². The predicted octanol–water partition coefficient (Wildman–Crippen LogP) is 2.81. The van der Waals surface area contributed by atoms with Crippen LogP contribution in [0, 0.1) is 17.1 Å². The molecule has 0 aliphatic carbocycles. The first-order valence-corrected chi connectivity index (χ1v) is 8.75. The molecular formula is C17H13FN4O2S. The number of benzene rings is 1. The highest BCUT2D eigenvalue weighted by Gasteiger charge is 2.21. The van der Waals surface area contributed by atoms with Gasteiger partial charge in [-0.3, -0.25) is 9.71 Å². The quantitative estimate of drug-likeness (QED) is 0.734. The van der Waals surface area contributed by atoms with Crippen molar-refractivity contribution in [3.8, 4) is 6.07 Å². The van der Waals surface area contributed by atoms with Crippen molar-refractivity contribution in [1.29, 1.82) is 5.26 Å². The van der Waals surface area contributed by atoms with E-state index in [1.807, 2.05) is 6.07 Å². The number of nitrogens with zero attached hydrogens (tertiary/aromatic N) is 2. The smallest absolute Gasteiger partial charge is 0.263 e. The van der Waals surface area contributed by atoms with Crippen molar-refractivity contribution in [2.45, 2.75) is 11.3 Å². The molecule has 3 aromatic rings. The number of sulfonamides is 1. The second-order valence-corrected chi connectivity index (χ2v) is 6.95. The van der Waals surface area contributed by atoms with Gasteiger partial charge in [-0.25, -0.2) is 12.8 Å². The molecule has 0 unspecified atom stereocenters. The standard InChI is InChI=1S/C17H13FN4O2S/c18-15-7-12(8-19)3-4-16(15)22-25(23,24)17-11-21-10-14(17)6-13-2-1-5-20-9-13/h1-5,7,9-11,21-22H,6H2. The Labute approximate surface area is 144 Å². The first-order valence-electron chi connectivity index (χ1n) is 7.26.